The van der Waals surface area contributed by atoms with Crippen LogP contribution < -0.4 is 10.7 Å². The van der Waals surface area contributed by atoms with Gasteiger partial charge in [0.05, 0.1) is 13.0 Å². The molecule has 0 radical (unpaired) electrons. The van der Waals surface area contributed by atoms with Crippen LogP contribution in [0.2, 0.25) is 0 Å². The second-order valence-corrected chi connectivity index (χ2v) is 8.82. The molecule has 1 heterocycles. The van der Waals surface area contributed by atoms with Crippen molar-refractivity contribution in [3.63, 3.8) is 0 Å². The first-order valence-corrected chi connectivity index (χ1v) is 11.7. The van der Waals surface area contributed by atoms with Gasteiger partial charge in [-0.2, -0.15) is 0 Å². The zero-order valence-corrected chi connectivity index (χ0v) is 20.3. The van der Waals surface area contributed by atoms with E-state index in [2.05, 4.69) is 10.7 Å². The summed E-state index contributed by atoms with van der Waals surface area (Å²) in [5.41, 5.74) is 6.73. The van der Waals surface area contributed by atoms with Crippen molar-refractivity contribution in [1.29, 1.82) is 0 Å². The Morgan fingerprint density at radius 2 is 1.60 bits per heavy atom. The molecule has 0 saturated carbocycles. The zero-order valence-electron chi connectivity index (χ0n) is 19.5. The first kappa shape index (κ1) is 24.1. The highest BCUT2D eigenvalue weighted by Crippen LogP contribution is 2.23. The Bertz CT molecular complexity index is 1260. The van der Waals surface area contributed by atoms with E-state index >= 15 is 0 Å². The number of amides is 3. The first-order chi connectivity index (χ1) is 16.8. The highest BCUT2D eigenvalue weighted by Gasteiger charge is 2.44. The Hall–Kier alpha value is -4.04. The summed E-state index contributed by atoms with van der Waals surface area (Å²) in [5.74, 6) is -1.11. The van der Waals surface area contributed by atoms with Crippen molar-refractivity contribution in [2.24, 2.45) is 0 Å². The number of anilines is 1. The molecule has 1 aliphatic heterocycles. The molecule has 0 unspecified atom stereocenters. The van der Waals surface area contributed by atoms with Crippen molar-refractivity contribution < 1.29 is 14.4 Å². The van der Waals surface area contributed by atoms with Gasteiger partial charge in [0.1, 0.15) is 6.04 Å². The smallest absolute Gasteiger partial charge is 0.269 e. The van der Waals surface area contributed by atoms with Crippen LogP contribution in [-0.4, -0.2) is 38.8 Å². The second-order valence-electron chi connectivity index (χ2n) is 8.46. The molecule has 178 valence electrons. The largest absolute Gasteiger partial charge is 0.326 e. The van der Waals surface area contributed by atoms with Gasteiger partial charge in [-0.1, -0.05) is 66.2 Å². The molecule has 35 heavy (non-hydrogen) atoms. The molecule has 1 fully saturated rings. The predicted octanol–water partition coefficient (Wildman–Crippen LogP) is 3.97. The van der Waals surface area contributed by atoms with Gasteiger partial charge in [-0.15, -0.1) is 0 Å². The Kier molecular flexibility index (Phi) is 7.22. The molecule has 3 amide bonds. The van der Waals surface area contributed by atoms with Gasteiger partial charge in [0.25, 0.3) is 11.8 Å². The van der Waals surface area contributed by atoms with Crippen LogP contribution >= 0.6 is 12.2 Å². The number of nitrogens with one attached hydrogen (secondary N) is 2. The molecule has 0 spiro atoms. The van der Waals surface area contributed by atoms with Crippen LogP contribution in [0.5, 0.6) is 0 Å². The standard InChI is InChI=1S/C27H26N4O3S/c1-18-13-14-22(19(2)15-18)28-24(32)16-23-26(34)30(17-20-9-5-3-6-10-20)27(35)31(23)29-25(33)21-11-7-4-8-12-21/h3-15,23H,16-17H2,1-2H3,(H,28,32)(H,29,33)/t23-/m0/s1. The molecular weight excluding hydrogens is 460 g/mol. The van der Waals surface area contributed by atoms with Gasteiger partial charge in [0.2, 0.25) is 5.91 Å². The van der Waals surface area contributed by atoms with Gasteiger partial charge in [0.15, 0.2) is 5.11 Å². The number of thiocarbonyl (C=S) groups is 1. The number of hydrogen-bond acceptors (Lipinski definition) is 4. The van der Waals surface area contributed by atoms with E-state index in [4.69, 9.17) is 12.2 Å². The topological polar surface area (TPSA) is 81.8 Å². The minimum Gasteiger partial charge on any atom is -0.326 e. The Labute approximate surface area is 209 Å². The summed E-state index contributed by atoms with van der Waals surface area (Å²) in [7, 11) is 0. The summed E-state index contributed by atoms with van der Waals surface area (Å²) >= 11 is 5.59. The fraction of sp³-hybridized carbons (Fsp3) is 0.185. The summed E-state index contributed by atoms with van der Waals surface area (Å²) in [6.45, 7) is 4.13. The number of hydrazine groups is 1. The normalized spacial score (nSPS) is 15.3. The number of carbonyl (C=O) groups excluding carboxylic acids is 3. The van der Waals surface area contributed by atoms with Crippen LogP contribution in [0, 0.1) is 13.8 Å². The molecule has 0 aliphatic carbocycles. The third-order valence-electron chi connectivity index (χ3n) is 5.78. The summed E-state index contributed by atoms with van der Waals surface area (Å²) in [5, 5.41) is 4.35. The van der Waals surface area contributed by atoms with Crippen LogP contribution in [0.4, 0.5) is 5.69 Å². The van der Waals surface area contributed by atoms with E-state index in [9.17, 15) is 14.4 Å². The minimum absolute atomic E-state index is 0.146. The van der Waals surface area contributed by atoms with Gasteiger partial charge in [-0.3, -0.25) is 24.7 Å². The molecular formula is C27H26N4O3S. The fourth-order valence-electron chi connectivity index (χ4n) is 3.96. The summed E-state index contributed by atoms with van der Waals surface area (Å²) in [6.07, 6.45) is -0.174. The van der Waals surface area contributed by atoms with Crippen molar-refractivity contribution in [3.05, 3.63) is 101 Å². The monoisotopic (exact) mass is 486 g/mol. The molecule has 4 rings (SSSR count). The maximum atomic E-state index is 13.4. The molecule has 1 atom stereocenters. The molecule has 8 heteroatoms. The molecule has 3 aromatic rings. The summed E-state index contributed by atoms with van der Waals surface area (Å²) in [4.78, 5) is 40.7. The maximum absolute atomic E-state index is 13.4. The Morgan fingerprint density at radius 1 is 0.943 bits per heavy atom. The molecule has 0 bridgehead atoms. The van der Waals surface area contributed by atoms with E-state index in [1.54, 1.807) is 24.3 Å². The lowest BCUT2D eigenvalue weighted by Crippen LogP contribution is -2.49. The number of hydrogen-bond donors (Lipinski definition) is 2. The van der Waals surface area contributed by atoms with Crippen molar-refractivity contribution in [2.75, 3.05) is 5.32 Å². The number of rotatable bonds is 7. The van der Waals surface area contributed by atoms with Crippen LogP contribution in [-0.2, 0) is 16.1 Å². The number of aryl methyl sites for hydroxylation is 2. The Morgan fingerprint density at radius 3 is 2.26 bits per heavy atom. The molecule has 1 aliphatic rings. The lowest BCUT2D eigenvalue weighted by molar-refractivity contribution is -0.131. The predicted molar refractivity (Wildman–Crippen MR) is 138 cm³/mol. The van der Waals surface area contributed by atoms with E-state index in [1.807, 2.05) is 68.4 Å². The van der Waals surface area contributed by atoms with E-state index in [-0.39, 0.29) is 29.9 Å². The first-order valence-electron chi connectivity index (χ1n) is 11.2. The quantitative estimate of drug-likeness (QED) is 0.494. The lowest BCUT2D eigenvalue weighted by Gasteiger charge is -2.24. The third kappa shape index (κ3) is 5.55. The van der Waals surface area contributed by atoms with Gasteiger partial charge in [0, 0.05) is 11.3 Å². The molecule has 7 nitrogen and oxygen atoms in total. The average Bonchev–Trinajstić information content (AvgIpc) is 3.06. The highest BCUT2D eigenvalue weighted by molar-refractivity contribution is 7.80. The van der Waals surface area contributed by atoms with E-state index < -0.39 is 11.9 Å². The fourth-order valence-corrected chi connectivity index (χ4v) is 4.29. The maximum Gasteiger partial charge on any atom is 0.269 e. The zero-order chi connectivity index (χ0) is 24.9. The van der Waals surface area contributed by atoms with Gasteiger partial charge in [-0.25, -0.2) is 5.01 Å². The van der Waals surface area contributed by atoms with Gasteiger partial charge < -0.3 is 5.32 Å². The van der Waals surface area contributed by atoms with Crippen molar-refractivity contribution in [2.45, 2.75) is 32.9 Å². The molecule has 3 aromatic carbocycles. The number of nitrogens with zero attached hydrogens (tertiary/aromatic N) is 2. The Balaban J connectivity index is 1.56. The SMILES string of the molecule is Cc1ccc(NC(=O)C[C@H]2C(=O)N(Cc3ccccc3)C(=S)N2NC(=O)c2ccccc2)c(C)c1. The van der Waals surface area contributed by atoms with E-state index in [1.165, 1.54) is 9.91 Å². The van der Waals surface area contributed by atoms with E-state index in [0.29, 0.717) is 11.3 Å². The molecule has 0 aromatic heterocycles. The second kappa shape index (κ2) is 10.5. The van der Waals surface area contributed by atoms with Crippen LogP contribution in [0.15, 0.2) is 78.9 Å². The van der Waals surface area contributed by atoms with Crippen molar-refractivity contribution in [3.8, 4) is 0 Å². The van der Waals surface area contributed by atoms with Crippen LogP contribution in [0.25, 0.3) is 0 Å². The molecule has 2 N–H and O–H groups in total. The summed E-state index contributed by atoms with van der Waals surface area (Å²) < 4.78 is 0. The average molecular weight is 487 g/mol. The third-order valence-corrected chi connectivity index (χ3v) is 6.19. The summed E-state index contributed by atoms with van der Waals surface area (Å²) in [6, 6.07) is 22.8. The number of benzene rings is 3. The van der Waals surface area contributed by atoms with Gasteiger partial charge >= 0.3 is 0 Å². The molecule has 1 saturated heterocycles. The van der Waals surface area contributed by atoms with Crippen molar-refractivity contribution >= 4 is 40.7 Å². The van der Waals surface area contributed by atoms with Crippen LogP contribution in [0.3, 0.4) is 0 Å². The lowest BCUT2D eigenvalue weighted by atomic mass is 10.1. The van der Waals surface area contributed by atoms with Crippen LogP contribution in [0.1, 0.15) is 33.5 Å². The minimum atomic E-state index is -0.968. The number of carbonyl (C=O) groups is 3. The van der Waals surface area contributed by atoms with Crippen molar-refractivity contribution in [1.82, 2.24) is 15.3 Å². The van der Waals surface area contributed by atoms with E-state index in [0.717, 1.165) is 16.7 Å². The highest BCUT2D eigenvalue weighted by atomic mass is 32.1. The van der Waals surface area contributed by atoms with Gasteiger partial charge in [-0.05, 0) is 55.4 Å².